The number of carbonyl (C=O) groups is 1. The highest BCUT2D eigenvalue weighted by Crippen LogP contribution is 2.19. The number of phenolic OH excluding ortho intramolecular Hbond substituents is 1. The summed E-state index contributed by atoms with van der Waals surface area (Å²) in [7, 11) is 0. The third-order valence-electron chi connectivity index (χ3n) is 3.70. The zero-order valence-corrected chi connectivity index (χ0v) is 12.3. The van der Waals surface area contributed by atoms with Crippen LogP contribution in [0.2, 0.25) is 0 Å². The van der Waals surface area contributed by atoms with Crippen LogP contribution in [0.1, 0.15) is 5.56 Å². The fraction of sp³-hybridized carbons (Fsp3) is 0.467. The topological polar surface area (TPSA) is 74.6 Å². The molecule has 0 saturated carbocycles. The highest BCUT2D eigenvalue weighted by atomic mass is 16.5. The number of morpholine rings is 1. The standard InChI is InChI=1S/C15H19N3O4/c19-13-4-2-1-3-12(13)15-16-18(14(20)11-22-15)6-5-17-7-9-21-10-8-17/h1-4,19H,5-11H2. The smallest absolute Gasteiger partial charge is 0.280 e. The molecule has 22 heavy (non-hydrogen) atoms. The van der Waals surface area contributed by atoms with Crippen LogP contribution in [0.5, 0.6) is 5.75 Å². The number of rotatable bonds is 4. The molecule has 7 heteroatoms. The predicted octanol–water partition coefficient (Wildman–Crippen LogP) is 0.245. The number of benzene rings is 1. The Bertz CT molecular complexity index is 570. The van der Waals surface area contributed by atoms with Crippen LogP contribution in [0.15, 0.2) is 29.4 Å². The van der Waals surface area contributed by atoms with E-state index >= 15 is 0 Å². The van der Waals surface area contributed by atoms with Crippen LogP contribution >= 0.6 is 0 Å². The Kier molecular flexibility index (Phi) is 4.55. The maximum Gasteiger partial charge on any atom is 0.280 e. The van der Waals surface area contributed by atoms with E-state index in [0.29, 0.717) is 12.1 Å². The number of hydrazone groups is 1. The Morgan fingerprint density at radius 2 is 1.95 bits per heavy atom. The lowest BCUT2D eigenvalue weighted by Crippen LogP contribution is -2.44. The van der Waals surface area contributed by atoms with Crippen molar-refractivity contribution < 1.29 is 19.4 Å². The number of amides is 1. The van der Waals surface area contributed by atoms with Gasteiger partial charge in [0.25, 0.3) is 5.91 Å². The van der Waals surface area contributed by atoms with Gasteiger partial charge in [0.15, 0.2) is 6.61 Å². The van der Waals surface area contributed by atoms with Gasteiger partial charge in [0.1, 0.15) is 5.75 Å². The average molecular weight is 305 g/mol. The Hall–Kier alpha value is -2.12. The van der Waals surface area contributed by atoms with Crippen LogP contribution in [-0.4, -0.2) is 72.8 Å². The number of phenols is 1. The minimum Gasteiger partial charge on any atom is -0.507 e. The summed E-state index contributed by atoms with van der Waals surface area (Å²) in [5.41, 5.74) is 0.492. The lowest BCUT2D eigenvalue weighted by molar-refractivity contribution is -0.136. The third kappa shape index (κ3) is 3.37. The highest BCUT2D eigenvalue weighted by molar-refractivity contribution is 5.99. The van der Waals surface area contributed by atoms with Gasteiger partial charge in [-0.05, 0) is 12.1 Å². The molecule has 1 fully saturated rings. The second kappa shape index (κ2) is 6.76. The first-order valence-electron chi connectivity index (χ1n) is 7.34. The molecule has 3 rings (SSSR count). The fourth-order valence-electron chi connectivity index (χ4n) is 2.42. The Morgan fingerprint density at radius 1 is 1.18 bits per heavy atom. The molecule has 0 radical (unpaired) electrons. The van der Waals surface area contributed by atoms with Crippen molar-refractivity contribution in [1.82, 2.24) is 9.91 Å². The Labute approximate surface area is 128 Å². The van der Waals surface area contributed by atoms with Crippen molar-refractivity contribution >= 4 is 11.8 Å². The maximum atomic E-state index is 11.9. The van der Waals surface area contributed by atoms with Gasteiger partial charge in [-0.1, -0.05) is 12.1 Å². The monoisotopic (exact) mass is 305 g/mol. The van der Waals surface area contributed by atoms with Gasteiger partial charge in [-0.25, -0.2) is 5.01 Å². The van der Waals surface area contributed by atoms with E-state index in [0.717, 1.165) is 32.8 Å². The summed E-state index contributed by atoms with van der Waals surface area (Å²) in [5.74, 6) is 0.191. The van der Waals surface area contributed by atoms with Crippen molar-refractivity contribution in [1.29, 1.82) is 0 Å². The van der Waals surface area contributed by atoms with E-state index in [1.165, 1.54) is 5.01 Å². The van der Waals surface area contributed by atoms with Crippen molar-refractivity contribution in [3.05, 3.63) is 29.8 Å². The van der Waals surface area contributed by atoms with E-state index in [-0.39, 0.29) is 24.2 Å². The summed E-state index contributed by atoms with van der Waals surface area (Å²) >= 11 is 0. The van der Waals surface area contributed by atoms with Crippen molar-refractivity contribution in [2.75, 3.05) is 46.0 Å². The van der Waals surface area contributed by atoms with E-state index < -0.39 is 0 Å². The summed E-state index contributed by atoms with van der Waals surface area (Å²) in [6, 6.07) is 6.79. The molecule has 1 aromatic rings. The summed E-state index contributed by atoms with van der Waals surface area (Å²) in [4.78, 5) is 14.2. The molecule has 2 aliphatic heterocycles. The van der Waals surface area contributed by atoms with E-state index in [9.17, 15) is 9.90 Å². The number of hydrogen-bond acceptors (Lipinski definition) is 6. The molecule has 0 spiro atoms. The highest BCUT2D eigenvalue weighted by Gasteiger charge is 2.24. The zero-order valence-electron chi connectivity index (χ0n) is 12.3. The van der Waals surface area contributed by atoms with Gasteiger partial charge in [0.05, 0.1) is 25.3 Å². The third-order valence-corrected chi connectivity index (χ3v) is 3.70. The molecule has 1 aromatic carbocycles. The van der Waals surface area contributed by atoms with E-state index in [1.807, 2.05) is 0 Å². The van der Waals surface area contributed by atoms with Gasteiger partial charge in [0.2, 0.25) is 5.90 Å². The van der Waals surface area contributed by atoms with Gasteiger partial charge in [-0.15, -0.1) is 5.10 Å². The molecule has 2 aliphatic rings. The zero-order chi connectivity index (χ0) is 15.4. The molecule has 7 nitrogen and oxygen atoms in total. The molecule has 1 N–H and O–H groups in total. The van der Waals surface area contributed by atoms with Gasteiger partial charge in [0, 0.05) is 19.6 Å². The summed E-state index contributed by atoms with van der Waals surface area (Å²) in [6.45, 7) is 4.37. The normalized spacial score (nSPS) is 19.7. The second-order valence-electron chi connectivity index (χ2n) is 5.18. The molecule has 0 atom stereocenters. The molecular formula is C15H19N3O4. The molecule has 2 heterocycles. The van der Waals surface area contributed by atoms with Crippen LogP contribution in [0.3, 0.4) is 0 Å². The number of aromatic hydroxyl groups is 1. The molecule has 0 aromatic heterocycles. The number of para-hydroxylation sites is 1. The molecule has 118 valence electrons. The molecule has 0 aliphatic carbocycles. The minimum atomic E-state index is -0.174. The van der Waals surface area contributed by atoms with Crippen LogP contribution < -0.4 is 0 Å². The summed E-state index contributed by atoms with van der Waals surface area (Å²) in [6.07, 6.45) is 0. The van der Waals surface area contributed by atoms with Gasteiger partial charge >= 0.3 is 0 Å². The number of hydrogen-bond donors (Lipinski definition) is 1. The summed E-state index contributed by atoms with van der Waals surface area (Å²) in [5, 5.41) is 15.5. The van der Waals surface area contributed by atoms with Crippen LogP contribution in [0, 0.1) is 0 Å². The molecule has 0 bridgehead atoms. The van der Waals surface area contributed by atoms with Crippen molar-refractivity contribution in [2.45, 2.75) is 0 Å². The molecular weight excluding hydrogens is 286 g/mol. The number of nitrogens with zero attached hydrogens (tertiary/aromatic N) is 3. The number of ether oxygens (including phenoxy) is 2. The lowest BCUT2D eigenvalue weighted by Gasteiger charge is -2.29. The largest absolute Gasteiger partial charge is 0.507 e. The molecule has 1 saturated heterocycles. The first-order valence-corrected chi connectivity index (χ1v) is 7.34. The fourth-order valence-corrected chi connectivity index (χ4v) is 2.42. The van der Waals surface area contributed by atoms with Gasteiger partial charge < -0.3 is 14.6 Å². The van der Waals surface area contributed by atoms with Crippen LogP contribution in [0.4, 0.5) is 0 Å². The van der Waals surface area contributed by atoms with Crippen molar-refractivity contribution in [3.63, 3.8) is 0 Å². The first-order chi connectivity index (χ1) is 10.7. The second-order valence-corrected chi connectivity index (χ2v) is 5.18. The Morgan fingerprint density at radius 3 is 2.73 bits per heavy atom. The summed E-state index contributed by atoms with van der Waals surface area (Å²) < 4.78 is 10.6. The maximum absolute atomic E-state index is 11.9. The Balaban J connectivity index is 1.68. The van der Waals surface area contributed by atoms with Crippen molar-refractivity contribution in [2.24, 2.45) is 5.10 Å². The van der Waals surface area contributed by atoms with E-state index in [4.69, 9.17) is 9.47 Å². The predicted molar refractivity (Wildman–Crippen MR) is 79.6 cm³/mol. The van der Waals surface area contributed by atoms with Gasteiger partial charge in [-0.3, -0.25) is 9.69 Å². The first kappa shape index (κ1) is 14.8. The quantitative estimate of drug-likeness (QED) is 0.863. The lowest BCUT2D eigenvalue weighted by atomic mass is 10.2. The SMILES string of the molecule is O=C1COC(c2ccccc2O)=NN1CCN1CCOCC1. The minimum absolute atomic E-state index is 0.0592. The average Bonchev–Trinajstić information content (AvgIpc) is 2.56. The molecule has 1 amide bonds. The molecule has 0 unspecified atom stereocenters. The van der Waals surface area contributed by atoms with E-state index in [1.54, 1.807) is 24.3 Å². The van der Waals surface area contributed by atoms with Crippen LogP contribution in [-0.2, 0) is 14.3 Å². The van der Waals surface area contributed by atoms with E-state index in [2.05, 4.69) is 10.0 Å². The van der Waals surface area contributed by atoms with Crippen molar-refractivity contribution in [3.8, 4) is 5.75 Å². The van der Waals surface area contributed by atoms with Crippen LogP contribution in [0.25, 0.3) is 0 Å². The van der Waals surface area contributed by atoms with Gasteiger partial charge in [-0.2, -0.15) is 0 Å². The number of carbonyl (C=O) groups excluding carboxylic acids is 1.